The second-order valence-electron chi connectivity index (χ2n) is 4.49. The van der Waals surface area contributed by atoms with Crippen LogP contribution in [0.5, 0.6) is 5.88 Å². The molecule has 0 saturated heterocycles. The quantitative estimate of drug-likeness (QED) is 0.444. The van der Waals surface area contributed by atoms with Crippen molar-refractivity contribution in [2.75, 3.05) is 0 Å². The van der Waals surface area contributed by atoms with E-state index in [1.54, 1.807) is 0 Å². The minimum absolute atomic E-state index is 0.0490. The second kappa shape index (κ2) is 6.05. The van der Waals surface area contributed by atoms with Gasteiger partial charge in [-0.1, -0.05) is 6.07 Å². The Bertz CT molecular complexity index is 887. The highest BCUT2D eigenvalue weighted by atomic mass is 16.6. The first kappa shape index (κ1) is 15.8. The number of aromatic amines is 1. The Morgan fingerprint density at radius 1 is 1.39 bits per heavy atom. The van der Waals surface area contributed by atoms with Crippen molar-refractivity contribution in [3.63, 3.8) is 0 Å². The normalized spacial score (nSPS) is 10.8. The molecule has 23 heavy (non-hydrogen) atoms. The maximum Gasteiger partial charge on any atom is 0.278 e. The number of carbonyl (C=O) groups excluding carboxylic acids is 1. The predicted molar refractivity (Wildman–Crippen MR) is 79.3 cm³/mol. The van der Waals surface area contributed by atoms with E-state index in [2.05, 4.69) is 10.2 Å². The van der Waals surface area contributed by atoms with Crippen LogP contribution in [0.2, 0.25) is 0 Å². The number of nitro benzene ring substituents is 1. The number of amides is 1. The molecule has 0 aliphatic rings. The number of aromatic hydroxyl groups is 1. The molecule has 0 radical (unpaired) electrons. The molecule has 0 saturated carbocycles. The third kappa shape index (κ3) is 3.20. The van der Waals surface area contributed by atoms with E-state index in [-0.39, 0.29) is 28.2 Å². The van der Waals surface area contributed by atoms with Gasteiger partial charge in [-0.3, -0.25) is 24.7 Å². The molecule has 0 fully saturated rings. The molecule has 2 aromatic rings. The van der Waals surface area contributed by atoms with Crippen LogP contribution in [0, 0.1) is 17.0 Å². The van der Waals surface area contributed by atoms with Gasteiger partial charge in [0, 0.05) is 17.7 Å². The molecular formula is C13H11N5O5. The summed E-state index contributed by atoms with van der Waals surface area (Å²) in [5.74, 6) is -1.60. The fraction of sp³-hybridized carbons (Fsp3) is 0.0769. The van der Waals surface area contributed by atoms with Crippen molar-refractivity contribution in [1.29, 1.82) is 0 Å². The first-order valence-electron chi connectivity index (χ1n) is 6.23. The van der Waals surface area contributed by atoms with E-state index in [1.807, 2.05) is 4.98 Å². The molecule has 2 rings (SSSR count). The fourth-order valence-electron chi connectivity index (χ4n) is 1.89. The lowest BCUT2D eigenvalue weighted by Crippen LogP contribution is -2.18. The average Bonchev–Trinajstić information content (AvgIpc) is 2.46. The van der Waals surface area contributed by atoms with E-state index in [0.717, 1.165) is 0 Å². The van der Waals surface area contributed by atoms with Crippen molar-refractivity contribution in [2.24, 2.45) is 16.0 Å². The number of nitrogens with one attached hydrogen (secondary N) is 1. The number of hydrogen-bond acceptors (Lipinski definition) is 7. The number of rotatable bonds is 4. The number of non-ortho nitro benzene ring substituents is 1. The minimum atomic E-state index is -0.942. The maximum atomic E-state index is 11.8. The Morgan fingerprint density at radius 2 is 2.09 bits per heavy atom. The van der Waals surface area contributed by atoms with Gasteiger partial charge in [0.2, 0.25) is 5.88 Å². The van der Waals surface area contributed by atoms with Crippen molar-refractivity contribution in [1.82, 2.24) is 4.98 Å². The van der Waals surface area contributed by atoms with Gasteiger partial charge in [-0.2, -0.15) is 5.11 Å². The second-order valence-corrected chi connectivity index (χ2v) is 4.49. The van der Waals surface area contributed by atoms with Crippen LogP contribution in [0.4, 0.5) is 17.1 Å². The van der Waals surface area contributed by atoms with Gasteiger partial charge in [-0.15, -0.1) is 5.11 Å². The zero-order valence-corrected chi connectivity index (χ0v) is 11.8. The van der Waals surface area contributed by atoms with Gasteiger partial charge < -0.3 is 10.8 Å². The fourth-order valence-corrected chi connectivity index (χ4v) is 1.89. The topological polar surface area (TPSA) is 164 Å². The molecule has 0 atom stereocenters. The van der Waals surface area contributed by atoms with Gasteiger partial charge in [0.15, 0.2) is 5.69 Å². The summed E-state index contributed by atoms with van der Waals surface area (Å²) in [6, 6.07) is 5.32. The van der Waals surface area contributed by atoms with Gasteiger partial charge in [-0.25, -0.2) is 0 Å². The van der Waals surface area contributed by atoms with E-state index in [0.29, 0.717) is 0 Å². The van der Waals surface area contributed by atoms with Gasteiger partial charge in [0.25, 0.3) is 17.2 Å². The standard InChI is InChI=1S/C13H11N5O5/c1-6-9(11(14)19)12(20)15-13(21)10(6)17-16-7-3-2-4-8(5-7)18(22)23/h2-5H,1H3,(H2,14,19)(H2,15,20,21). The van der Waals surface area contributed by atoms with Crippen LogP contribution < -0.4 is 11.3 Å². The summed E-state index contributed by atoms with van der Waals surface area (Å²) in [6.07, 6.45) is 0. The van der Waals surface area contributed by atoms with Crippen LogP contribution in [-0.2, 0) is 0 Å². The average molecular weight is 317 g/mol. The van der Waals surface area contributed by atoms with Crippen molar-refractivity contribution in [3.05, 3.63) is 55.9 Å². The highest BCUT2D eigenvalue weighted by molar-refractivity contribution is 5.97. The summed E-state index contributed by atoms with van der Waals surface area (Å²) in [4.78, 5) is 35.2. The number of H-pyrrole nitrogens is 1. The Kier molecular flexibility index (Phi) is 4.16. The zero-order chi connectivity index (χ0) is 17.1. The third-order valence-corrected chi connectivity index (χ3v) is 2.97. The van der Waals surface area contributed by atoms with E-state index in [9.17, 15) is 24.8 Å². The van der Waals surface area contributed by atoms with Crippen LogP contribution >= 0.6 is 0 Å². The number of nitrogens with two attached hydrogens (primary N) is 1. The summed E-state index contributed by atoms with van der Waals surface area (Å²) in [5, 5.41) is 27.7. The lowest BCUT2D eigenvalue weighted by molar-refractivity contribution is -0.384. The Morgan fingerprint density at radius 3 is 2.70 bits per heavy atom. The Labute approximate surface area is 128 Å². The molecule has 1 heterocycles. The summed E-state index contributed by atoms with van der Waals surface area (Å²) in [7, 11) is 0. The maximum absolute atomic E-state index is 11.8. The molecule has 0 unspecified atom stereocenters. The van der Waals surface area contributed by atoms with Crippen LogP contribution in [0.1, 0.15) is 15.9 Å². The van der Waals surface area contributed by atoms with Gasteiger partial charge in [0.1, 0.15) is 5.56 Å². The van der Waals surface area contributed by atoms with Crippen molar-refractivity contribution in [2.45, 2.75) is 6.92 Å². The van der Waals surface area contributed by atoms with Crippen molar-refractivity contribution >= 4 is 23.0 Å². The van der Waals surface area contributed by atoms with Crippen LogP contribution in [0.15, 0.2) is 39.3 Å². The van der Waals surface area contributed by atoms with E-state index in [1.165, 1.54) is 31.2 Å². The molecule has 4 N–H and O–H groups in total. The third-order valence-electron chi connectivity index (χ3n) is 2.97. The molecule has 0 spiro atoms. The number of pyridine rings is 1. The number of benzene rings is 1. The van der Waals surface area contributed by atoms with E-state index < -0.39 is 22.3 Å². The number of carbonyl (C=O) groups is 1. The number of hydrogen-bond donors (Lipinski definition) is 3. The molecule has 1 aromatic heterocycles. The zero-order valence-electron chi connectivity index (χ0n) is 11.8. The molecule has 0 aliphatic carbocycles. The minimum Gasteiger partial charge on any atom is -0.494 e. The molecule has 1 amide bonds. The van der Waals surface area contributed by atoms with E-state index >= 15 is 0 Å². The molecule has 10 heteroatoms. The highest BCUT2D eigenvalue weighted by Crippen LogP contribution is 2.26. The Balaban J connectivity index is 2.50. The lowest BCUT2D eigenvalue weighted by atomic mass is 10.1. The molecule has 118 valence electrons. The molecular weight excluding hydrogens is 306 g/mol. The first-order chi connectivity index (χ1) is 10.8. The number of nitro groups is 1. The number of aromatic nitrogens is 1. The largest absolute Gasteiger partial charge is 0.494 e. The van der Waals surface area contributed by atoms with E-state index in [4.69, 9.17) is 5.73 Å². The monoisotopic (exact) mass is 317 g/mol. The summed E-state index contributed by atoms with van der Waals surface area (Å²) < 4.78 is 0. The predicted octanol–water partition coefficient (Wildman–Crippen LogP) is 1.81. The van der Waals surface area contributed by atoms with Gasteiger partial charge in [-0.05, 0) is 13.0 Å². The molecule has 0 aliphatic heterocycles. The SMILES string of the molecule is Cc1c(C(N)=O)c(O)[nH]c(=O)c1N=Nc1cccc([N+](=O)[O-])c1. The Hall–Kier alpha value is -3.56. The van der Waals surface area contributed by atoms with Crippen LogP contribution in [-0.4, -0.2) is 20.9 Å². The van der Waals surface area contributed by atoms with Crippen LogP contribution in [0.3, 0.4) is 0 Å². The first-order valence-corrected chi connectivity index (χ1v) is 6.23. The van der Waals surface area contributed by atoms with Gasteiger partial charge >= 0.3 is 0 Å². The summed E-state index contributed by atoms with van der Waals surface area (Å²) in [5.41, 5.74) is 3.84. The number of azo groups is 1. The highest BCUT2D eigenvalue weighted by Gasteiger charge is 2.18. The lowest BCUT2D eigenvalue weighted by Gasteiger charge is -2.05. The molecule has 0 bridgehead atoms. The summed E-state index contributed by atoms with van der Waals surface area (Å²) in [6.45, 7) is 1.37. The molecule has 1 aromatic carbocycles. The van der Waals surface area contributed by atoms with Crippen LogP contribution in [0.25, 0.3) is 0 Å². The smallest absolute Gasteiger partial charge is 0.278 e. The molecule has 10 nitrogen and oxygen atoms in total. The van der Waals surface area contributed by atoms with Crippen molar-refractivity contribution < 1.29 is 14.8 Å². The summed E-state index contributed by atoms with van der Waals surface area (Å²) >= 11 is 0. The number of primary amides is 1. The van der Waals surface area contributed by atoms with Gasteiger partial charge in [0.05, 0.1) is 10.6 Å². The van der Waals surface area contributed by atoms with Crippen molar-refractivity contribution in [3.8, 4) is 5.88 Å². The number of nitrogens with zero attached hydrogens (tertiary/aromatic N) is 3.